The zero-order valence-corrected chi connectivity index (χ0v) is 6.62. The Hall–Kier alpha value is -0.710. The maximum atomic E-state index is 12.5. The first-order chi connectivity index (χ1) is 5.55. The number of hydrogen-bond donors (Lipinski definition) is 0. The first-order valence-electron chi connectivity index (χ1n) is 3.08. The molecular weight excluding hydrogens is 192 g/mol. The van der Waals surface area contributed by atoms with Gasteiger partial charge < -0.3 is 0 Å². The van der Waals surface area contributed by atoms with Crippen LogP contribution in [-0.4, -0.2) is 6.43 Å². The molecule has 0 N–H and O–H groups in total. The number of rotatable bonds is 2. The van der Waals surface area contributed by atoms with Gasteiger partial charge in [-0.15, -0.1) is 0 Å². The van der Waals surface area contributed by atoms with E-state index in [1.165, 1.54) is 17.5 Å². The summed E-state index contributed by atoms with van der Waals surface area (Å²) in [7, 11) is 0. The van der Waals surface area contributed by atoms with Crippen LogP contribution >= 0.6 is 11.3 Å². The van der Waals surface area contributed by atoms with Crippen molar-refractivity contribution in [1.82, 2.24) is 0 Å². The van der Waals surface area contributed by atoms with Crippen molar-refractivity contribution in [1.29, 1.82) is 0 Å². The Balaban J connectivity index is 2.98. The smallest absolute Gasteiger partial charge is 0.203 e. The van der Waals surface area contributed by atoms with Crippen molar-refractivity contribution in [2.75, 3.05) is 0 Å². The Morgan fingerprint density at radius 3 is 2.33 bits per heavy atom. The molecule has 0 aliphatic rings. The Kier molecular flexibility index (Phi) is 2.62. The molecular formula is C7H5F4S+. The molecule has 0 aromatic carbocycles. The third-order valence-corrected chi connectivity index (χ3v) is 2.19. The van der Waals surface area contributed by atoms with E-state index in [2.05, 4.69) is 0 Å². The fraction of sp³-hybridized carbons (Fsp3) is 0.286. The SMILES string of the molecule is FC(F)C(F)(F)c1cccc[s+]1. The minimum atomic E-state index is -4.02. The first kappa shape index (κ1) is 9.38. The van der Waals surface area contributed by atoms with E-state index in [0.717, 1.165) is 6.07 Å². The normalized spacial score (nSPS) is 12.1. The van der Waals surface area contributed by atoms with Gasteiger partial charge in [0.25, 0.3) is 4.88 Å². The lowest BCUT2D eigenvalue weighted by Crippen LogP contribution is -2.22. The van der Waals surface area contributed by atoms with Crippen LogP contribution in [0.25, 0.3) is 0 Å². The van der Waals surface area contributed by atoms with Crippen LogP contribution in [0.4, 0.5) is 17.6 Å². The Morgan fingerprint density at radius 2 is 1.92 bits per heavy atom. The molecule has 1 aromatic heterocycles. The van der Waals surface area contributed by atoms with Crippen LogP contribution in [0.1, 0.15) is 4.88 Å². The molecule has 0 atom stereocenters. The lowest BCUT2D eigenvalue weighted by atomic mass is 10.3. The Bertz CT molecular complexity index is 247. The van der Waals surface area contributed by atoms with Gasteiger partial charge in [0.2, 0.25) is 11.3 Å². The van der Waals surface area contributed by atoms with Gasteiger partial charge in [-0.05, 0) is 6.07 Å². The van der Waals surface area contributed by atoms with Crippen molar-refractivity contribution in [2.24, 2.45) is 0 Å². The topological polar surface area (TPSA) is 0 Å². The van der Waals surface area contributed by atoms with Gasteiger partial charge in [-0.2, -0.15) is 8.78 Å². The van der Waals surface area contributed by atoms with Gasteiger partial charge in [0.15, 0.2) is 5.38 Å². The van der Waals surface area contributed by atoms with Crippen LogP contribution in [-0.2, 0) is 5.92 Å². The van der Waals surface area contributed by atoms with Crippen LogP contribution in [0.3, 0.4) is 0 Å². The van der Waals surface area contributed by atoms with Crippen molar-refractivity contribution >= 4 is 11.3 Å². The van der Waals surface area contributed by atoms with Gasteiger partial charge in [0.1, 0.15) is 0 Å². The molecule has 5 heteroatoms. The highest BCUT2D eigenvalue weighted by Gasteiger charge is 2.49. The predicted octanol–water partition coefficient (Wildman–Crippen LogP) is 3.39. The number of hydrogen-bond acceptors (Lipinski definition) is 0. The van der Waals surface area contributed by atoms with E-state index < -0.39 is 17.2 Å². The second-order valence-electron chi connectivity index (χ2n) is 2.09. The lowest BCUT2D eigenvalue weighted by Gasteiger charge is -2.07. The second kappa shape index (κ2) is 3.35. The average Bonchev–Trinajstić information content (AvgIpc) is 2.06. The Labute approximate surface area is 70.5 Å². The zero-order valence-electron chi connectivity index (χ0n) is 5.81. The van der Waals surface area contributed by atoms with Gasteiger partial charge in [-0.25, -0.2) is 8.78 Å². The second-order valence-corrected chi connectivity index (χ2v) is 3.04. The van der Waals surface area contributed by atoms with Crippen molar-refractivity contribution in [2.45, 2.75) is 12.3 Å². The third-order valence-electron chi connectivity index (χ3n) is 1.23. The molecule has 0 saturated carbocycles. The number of alkyl halides is 4. The van der Waals surface area contributed by atoms with Gasteiger partial charge in [0.05, 0.1) is 0 Å². The monoisotopic (exact) mass is 197 g/mol. The lowest BCUT2D eigenvalue weighted by molar-refractivity contribution is -0.132. The minimum absolute atomic E-state index is 0.611. The molecule has 0 saturated heterocycles. The number of halogens is 4. The highest BCUT2D eigenvalue weighted by Crippen LogP contribution is 2.36. The van der Waals surface area contributed by atoms with Gasteiger partial charge in [-0.1, -0.05) is 6.07 Å². The molecule has 1 rings (SSSR count). The van der Waals surface area contributed by atoms with Crippen LogP contribution in [0, 0.1) is 0 Å². The van der Waals surface area contributed by atoms with Crippen LogP contribution in [0.15, 0.2) is 23.6 Å². The summed E-state index contributed by atoms with van der Waals surface area (Å²) in [5.41, 5.74) is 0. The van der Waals surface area contributed by atoms with E-state index in [4.69, 9.17) is 0 Å². The van der Waals surface area contributed by atoms with Crippen LogP contribution < -0.4 is 0 Å². The van der Waals surface area contributed by atoms with Crippen molar-refractivity contribution in [3.05, 3.63) is 28.5 Å². The highest BCUT2D eigenvalue weighted by molar-refractivity contribution is 7.09. The van der Waals surface area contributed by atoms with Crippen molar-refractivity contribution in [3.63, 3.8) is 0 Å². The van der Waals surface area contributed by atoms with Crippen molar-refractivity contribution in [3.8, 4) is 0 Å². The summed E-state index contributed by atoms with van der Waals surface area (Å²) in [6.45, 7) is 0. The van der Waals surface area contributed by atoms with E-state index in [-0.39, 0.29) is 0 Å². The minimum Gasteiger partial charge on any atom is -0.203 e. The third kappa shape index (κ3) is 1.72. The highest BCUT2D eigenvalue weighted by atomic mass is 32.1. The molecule has 12 heavy (non-hydrogen) atoms. The van der Waals surface area contributed by atoms with Crippen molar-refractivity contribution < 1.29 is 17.6 Å². The maximum Gasteiger partial charge on any atom is 0.383 e. The molecule has 0 aliphatic carbocycles. The summed E-state index contributed by atoms with van der Waals surface area (Å²) < 4.78 is 48.6. The quantitative estimate of drug-likeness (QED) is 0.503. The summed E-state index contributed by atoms with van der Waals surface area (Å²) in [4.78, 5) is -0.611. The molecule has 0 radical (unpaired) electrons. The summed E-state index contributed by atoms with van der Waals surface area (Å²) in [6.07, 6.45) is -3.64. The van der Waals surface area contributed by atoms with E-state index >= 15 is 0 Å². The molecule has 0 amide bonds. The van der Waals surface area contributed by atoms with E-state index in [1.54, 1.807) is 0 Å². The molecule has 0 fully saturated rings. The molecule has 0 spiro atoms. The molecule has 0 bridgehead atoms. The molecule has 1 heterocycles. The summed E-state index contributed by atoms with van der Waals surface area (Å²) in [6, 6.07) is 3.81. The average molecular weight is 197 g/mol. The zero-order chi connectivity index (χ0) is 9.19. The summed E-state index contributed by atoms with van der Waals surface area (Å²) in [5, 5.41) is 1.34. The maximum absolute atomic E-state index is 12.5. The van der Waals surface area contributed by atoms with E-state index in [1.807, 2.05) is 0 Å². The summed E-state index contributed by atoms with van der Waals surface area (Å²) in [5.74, 6) is -4.02. The largest absolute Gasteiger partial charge is 0.383 e. The van der Waals surface area contributed by atoms with E-state index in [0.29, 0.717) is 11.3 Å². The predicted molar refractivity (Wildman–Crippen MR) is 38.6 cm³/mol. The van der Waals surface area contributed by atoms with Gasteiger partial charge in [0, 0.05) is 6.07 Å². The fourth-order valence-electron chi connectivity index (χ4n) is 0.637. The molecule has 0 aliphatic heterocycles. The molecule has 0 unspecified atom stereocenters. The van der Waals surface area contributed by atoms with Gasteiger partial charge >= 0.3 is 12.3 Å². The molecule has 1 aromatic rings. The van der Waals surface area contributed by atoms with Gasteiger partial charge in [-0.3, -0.25) is 0 Å². The standard InChI is InChI=1S/C7H5F4S/c8-6(9)7(10,11)5-3-1-2-4-12-5/h1-4,6H/q+1. The summed E-state index contributed by atoms with van der Waals surface area (Å²) >= 11 is 0.618. The Morgan fingerprint density at radius 1 is 1.25 bits per heavy atom. The fourth-order valence-corrected chi connectivity index (χ4v) is 1.36. The first-order valence-corrected chi connectivity index (χ1v) is 3.96. The molecule has 66 valence electrons. The van der Waals surface area contributed by atoms with Crippen LogP contribution in [0.2, 0.25) is 0 Å². The van der Waals surface area contributed by atoms with E-state index in [9.17, 15) is 17.6 Å². The van der Waals surface area contributed by atoms with Crippen LogP contribution in [0.5, 0.6) is 0 Å². The molecule has 0 nitrogen and oxygen atoms in total.